The van der Waals surface area contributed by atoms with Crippen LogP contribution in [0.5, 0.6) is 0 Å². The normalized spacial score (nSPS) is 11.9. The molecule has 1 aromatic heterocycles. The van der Waals surface area contributed by atoms with E-state index in [1.807, 2.05) is 45.0 Å². The van der Waals surface area contributed by atoms with E-state index in [9.17, 15) is 0 Å². The predicted molar refractivity (Wildman–Crippen MR) is 129 cm³/mol. The molecule has 30 heavy (non-hydrogen) atoms. The molecule has 0 aliphatic heterocycles. The maximum atomic E-state index is 8.79. The van der Waals surface area contributed by atoms with Crippen LogP contribution in [0.3, 0.4) is 0 Å². The van der Waals surface area contributed by atoms with Crippen molar-refractivity contribution in [1.82, 2.24) is 4.98 Å². The zero-order valence-corrected chi connectivity index (χ0v) is 18.9. The molecule has 2 aromatic carbocycles. The molecule has 3 rings (SSSR count). The molecule has 5 N–H and O–H groups in total. The molecule has 0 spiro atoms. The quantitative estimate of drug-likeness (QED) is 0.367. The maximum absolute atomic E-state index is 8.79. The third-order valence-corrected chi connectivity index (χ3v) is 6.06. The lowest BCUT2D eigenvalue weighted by Crippen LogP contribution is -2.10. The Bertz CT molecular complexity index is 1120. The van der Waals surface area contributed by atoms with Gasteiger partial charge in [0, 0.05) is 33.1 Å². The van der Waals surface area contributed by atoms with Crippen LogP contribution in [-0.4, -0.2) is 10.7 Å². The number of benzene rings is 2. The number of aryl methyl sites for hydroxylation is 2. The molecule has 0 saturated carbocycles. The fraction of sp³-hybridized carbons (Fsp3) is 0.200. The summed E-state index contributed by atoms with van der Waals surface area (Å²) in [6, 6.07) is 16.3. The molecule has 0 atom stereocenters. The molecule has 0 amide bonds. The van der Waals surface area contributed by atoms with Gasteiger partial charge in [-0.3, -0.25) is 15.5 Å². The monoisotopic (exact) mass is 416 g/mol. The highest BCUT2D eigenvalue weighted by molar-refractivity contribution is 7.97. The standard InChI is InChI=1S/C25H28N4S/c1-14-12-21(13-15(2)29-14)25(27)24(18(5)26)20-8-6-19(7-9-20)22-10-11-23(30-28)17(4)16(22)3/h6-13,27H,26,28H2,1-5H3/b24-18-,27-25?. The van der Waals surface area contributed by atoms with E-state index in [1.54, 1.807) is 0 Å². The predicted octanol–water partition coefficient (Wildman–Crippen LogP) is 5.71. The van der Waals surface area contributed by atoms with E-state index in [0.717, 1.165) is 38.5 Å². The van der Waals surface area contributed by atoms with Gasteiger partial charge in [0.15, 0.2) is 0 Å². The van der Waals surface area contributed by atoms with E-state index in [0.29, 0.717) is 11.4 Å². The average Bonchev–Trinajstić information content (AvgIpc) is 2.70. The molecular weight excluding hydrogens is 388 g/mol. The van der Waals surface area contributed by atoms with E-state index in [1.165, 1.54) is 28.6 Å². The SMILES string of the molecule is C/C(N)=C(/C(=N)c1cc(C)nc(C)c1)c1ccc(-c2ccc(SN)c(C)c2C)cc1. The number of aromatic nitrogens is 1. The molecule has 3 aromatic rings. The number of allylic oxidation sites excluding steroid dienone is 2. The van der Waals surface area contributed by atoms with Gasteiger partial charge < -0.3 is 5.73 Å². The Morgan fingerprint density at radius 1 is 0.867 bits per heavy atom. The molecule has 1 heterocycles. The highest BCUT2D eigenvalue weighted by Gasteiger charge is 2.15. The van der Waals surface area contributed by atoms with Gasteiger partial charge in [-0.25, -0.2) is 0 Å². The second-order valence-electron chi connectivity index (χ2n) is 7.63. The van der Waals surface area contributed by atoms with Gasteiger partial charge >= 0.3 is 0 Å². The van der Waals surface area contributed by atoms with Crippen molar-refractivity contribution in [1.29, 1.82) is 5.41 Å². The Hall–Kier alpha value is -2.89. The van der Waals surface area contributed by atoms with Gasteiger partial charge in [0.1, 0.15) is 0 Å². The van der Waals surface area contributed by atoms with Gasteiger partial charge in [0.2, 0.25) is 0 Å². The van der Waals surface area contributed by atoms with Crippen molar-refractivity contribution in [3.63, 3.8) is 0 Å². The lowest BCUT2D eigenvalue weighted by atomic mass is 9.91. The summed E-state index contributed by atoms with van der Waals surface area (Å²) in [4.78, 5) is 5.50. The van der Waals surface area contributed by atoms with E-state index < -0.39 is 0 Å². The van der Waals surface area contributed by atoms with Crippen LogP contribution in [0.2, 0.25) is 0 Å². The summed E-state index contributed by atoms with van der Waals surface area (Å²) in [5.41, 5.74) is 16.3. The number of pyridine rings is 1. The van der Waals surface area contributed by atoms with Crippen molar-refractivity contribution in [3.8, 4) is 11.1 Å². The zero-order chi connectivity index (χ0) is 22.0. The summed E-state index contributed by atoms with van der Waals surface area (Å²) in [6.45, 7) is 9.94. The highest BCUT2D eigenvalue weighted by Crippen LogP contribution is 2.32. The molecular formula is C25H28N4S. The van der Waals surface area contributed by atoms with Crippen LogP contribution >= 0.6 is 11.9 Å². The van der Waals surface area contributed by atoms with E-state index in [-0.39, 0.29) is 0 Å². The van der Waals surface area contributed by atoms with Gasteiger partial charge in [-0.05, 0) is 92.6 Å². The third-order valence-electron chi connectivity index (χ3n) is 5.36. The number of nitrogens with zero attached hydrogens (tertiary/aromatic N) is 1. The number of rotatable bonds is 5. The summed E-state index contributed by atoms with van der Waals surface area (Å²) in [5, 5.41) is 14.6. The molecule has 0 aliphatic rings. The number of hydrogen-bond donors (Lipinski definition) is 3. The number of nitrogens with one attached hydrogen (secondary N) is 1. The molecule has 0 aliphatic carbocycles. The van der Waals surface area contributed by atoms with Crippen LogP contribution in [0.4, 0.5) is 0 Å². The minimum atomic E-state index is 0.410. The minimum absolute atomic E-state index is 0.410. The number of hydrogen-bond acceptors (Lipinski definition) is 5. The first-order valence-electron chi connectivity index (χ1n) is 9.81. The van der Waals surface area contributed by atoms with Crippen molar-refractivity contribution in [2.75, 3.05) is 0 Å². The Balaban J connectivity index is 2.00. The van der Waals surface area contributed by atoms with Crippen LogP contribution in [0.25, 0.3) is 16.7 Å². The fourth-order valence-corrected chi connectivity index (χ4v) is 4.22. The van der Waals surface area contributed by atoms with Gasteiger partial charge in [-0.15, -0.1) is 0 Å². The van der Waals surface area contributed by atoms with E-state index in [4.69, 9.17) is 16.3 Å². The van der Waals surface area contributed by atoms with Gasteiger partial charge in [0.05, 0.1) is 5.71 Å². The molecule has 0 saturated heterocycles. The van der Waals surface area contributed by atoms with E-state index in [2.05, 4.69) is 43.1 Å². The van der Waals surface area contributed by atoms with E-state index >= 15 is 0 Å². The first-order valence-corrected chi connectivity index (χ1v) is 10.7. The average molecular weight is 417 g/mol. The Morgan fingerprint density at radius 3 is 2.00 bits per heavy atom. The highest BCUT2D eigenvalue weighted by atomic mass is 32.2. The number of nitrogens with two attached hydrogens (primary N) is 2. The molecule has 0 radical (unpaired) electrons. The van der Waals surface area contributed by atoms with Gasteiger partial charge in [-0.1, -0.05) is 30.3 Å². The minimum Gasteiger partial charge on any atom is -0.402 e. The Kier molecular flexibility index (Phi) is 6.44. The largest absolute Gasteiger partial charge is 0.402 e. The second-order valence-corrected chi connectivity index (χ2v) is 8.30. The molecule has 0 bridgehead atoms. The smallest absolute Gasteiger partial charge is 0.0709 e. The summed E-state index contributed by atoms with van der Waals surface area (Å²) in [7, 11) is 0. The van der Waals surface area contributed by atoms with Crippen molar-refractivity contribution in [2.45, 2.75) is 39.5 Å². The topological polar surface area (TPSA) is 88.8 Å². The lowest BCUT2D eigenvalue weighted by molar-refractivity contribution is 1.12. The van der Waals surface area contributed by atoms with Crippen LogP contribution < -0.4 is 10.9 Å². The van der Waals surface area contributed by atoms with Crippen LogP contribution in [0.1, 0.15) is 40.6 Å². The van der Waals surface area contributed by atoms with Crippen molar-refractivity contribution < 1.29 is 0 Å². The lowest BCUT2D eigenvalue weighted by Gasteiger charge is -2.15. The van der Waals surface area contributed by atoms with Crippen molar-refractivity contribution in [3.05, 3.63) is 87.9 Å². The molecule has 154 valence electrons. The third kappa shape index (κ3) is 4.32. The molecule has 4 nitrogen and oxygen atoms in total. The van der Waals surface area contributed by atoms with Crippen LogP contribution in [0.15, 0.2) is 59.1 Å². The van der Waals surface area contributed by atoms with Crippen molar-refractivity contribution in [2.24, 2.45) is 10.9 Å². The molecule has 0 fully saturated rings. The van der Waals surface area contributed by atoms with Crippen molar-refractivity contribution >= 4 is 23.2 Å². The summed E-state index contributed by atoms with van der Waals surface area (Å²) < 4.78 is 0. The maximum Gasteiger partial charge on any atom is 0.0709 e. The molecule has 0 unspecified atom stereocenters. The Labute approximate surface area is 183 Å². The molecule has 5 heteroatoms. The Morgan fingerprint density at radius 2 is 1.47 bits per heavy atom. The second kappa shape index (κ2) is 8.86. The first-order chi connectivity index (χ1) is 14.2. The van der Waals surface area contributed by atoms with Crippen LogP contribution in [0, 0.1) is 33.1 Å². The summed E-state index contributed by atoms with van der Waals surface area (Å²) >= 11 is 1.28. The summed E-state index contributed by atoms with van der Waals surface area (Å²) in [6.07, 6.45) is 0. The summed E-state index contributed by atoms with van der Waals surface area (Å²) in [5.74, 6) is 0. The van der Waals surface area contributed by atoms with Crippen LogP contribution in [-0.2, 0) is 0 Å². The van der Waals surface area contributed by atoms with Gasteiger partial charge in [0.25, 0.3) is 0 Å². The fourth-order valence-electron chi connectivity index (χ4n) is 3.75. The first kappa shape index (κ1) is 21.8. The van der Waals surface area contributed by atoms with Gasteiger partial charge in [-0.2, -0.15) is 0 Å². The zero-order valence-electron chi connectivity index (χ0n) is 18.1.